The summed E-state index contributed by atoms with van der Waals surface area (Å²) in [6.45, 7) is 1.58. The van der Waals surface area contributed by atoms with E-state index >= 15 is 0 Å². The van der Waals surface area contributed by atoms with Gasteiger partial charge >= 0.3 is 11.9 Å². The molecule has 2 N–H and O–H groups in total. The third-order valence-electron chi connectivity index (χ3n) is 3.63. The van der Waals surface area contributed by atoms with Crippen LogP contribution in [0.2, 0.25) is 0 Å². The van der Waals surface area contributed by atoms with Crippen molar-refractivity contribution in [3.63, 3.8) is 0 Å². The number of likely N-dealkylation sites (tertiary alicyclic amines) is 1. The van der Waals surface area contributed by atoms with Gasteiger partial charge in [-0.2, -0.15) is 0 Å². The molecule has 5 nitrogen and oxygen atoms in total. The van der Waals surface area contributed by atoms with Gasteiger partial charge in [-0.1, -0.05) is 30.3 Å². The van der Waals surface area contributed by atoms with Crippen molar-refractivity contribution in [2.45, 2.75) is 19.4 Å². The van der Waals surface area contributed by atoms with E-state index in [2.05, 4.69) is 0 Å². The highest BCUT2D eigenvalue weighted by Crippen LogP contribution is 2.35. The lowest BCUT2D eigenvalue weighted by atomic mass is 9.84. The Labute approximate surface area is 111 Å². The lowest BCUT2D eigenvalue weighted by molar-refractivity contribution is -0.155. The van der Waals surface area contributed by atoms with Crippen LogP contribution < -0.4 is 0 Å². The SMILES string of the molecule is O=C(O)C[C@]1(C(=O)O)CCN(Cc2ccccc2)C1. The second-order valence-corrected chi connectivity index (χ2v) is 5.10. The van der Waals surface area contributed by atoms with E-state index in [1.165, 1.54) is 0 Å². The van der Waals surface area contributed by atoms with E-state index in [0.717, 1.165) is 5.56 Å². The van der Waals surface area contributed by atoms with Crippen molar-refractivity contribution < 1.29 is 19.8 Å². The molecule has 1 aliphatic rings. The summed E-state index contributed by atoms with van der Waals surface area (Å²) in [5.74, 6) is -2.06. The second kappa shape index (κ2) is 5.40. The smallest absolute Gasteiger partial charge is 0.311 e. The molecule has 0 spiro atoms. The Balaban J connectivity index is 2.05. The van der Waals surface area contributed by atoms with Crippen LogP contribution in [0.4, 0.5) is 0 Å². The summed E-state index contributed by atoms with van der Waals surface area (Å²) in [5, 5.41) is 18.2. The first kappa shape index (κ1) is 13.5. The Kier molecular flexibility index (Phi) is 3.85. The van der Waals surface area contributed by atoms with Crippen molar-refractivity contribution in [1.82, 2.24) is 4.90 Å². The topological polar surface area (TPSA) is 77.8 Å². The number of hydrogen-bond donors (Lipinski definition) is 2. The van der Waals surface area contributed by atoms with Crippen LogP contribution in [-0.2, 0) is 16.1 Å². The van der Waals surface area contributed by atoms with Crippen molar-refractivity contribution in [2.24, 2.45) is 5.41 Å². The normalized spacial score (nSPS) is 23.4. The quantitative estimate of drug-likeness (QED) is 0.840. The summed E-state index contributed by atoms with van der Waals surface area (Å²) < 4.78 is 0. The molecule has 0 saturated carbocycles. The molecule has 1 heterocycles. The summed E-state index contributed by atoms with van der Waals surface area (Å²) in [5.41, 5.74) is -0.0281. The fraction of sp³-hybridized carbons (Fsp3) is 0.429. The first-order valence-electron chi connectivity index (χ1n) is 6.23. The molecule has 0 aromatic heterocycles. The number of carboxylic acid groups (broad SMARTS) is 2. The Bertz CT molecular complexity index is 474. The van der Waals surface area contributed by atoms with Gasteiger partial charge in [0.25, 0.3) is 0 Å². The molecular formula is C14H17NO4. The van der Waals surface area contributed by atoms with Gasteiger partial charge in [0.15, 0.2) is 0 Å². The minimum Gasteiger partial charge on any atom is -0.481 e. The zero-order valence-corrected chi connectivity index (χ0v) is 10.6. The van der Waals surface area contributed by atoms with Crippen LogP contribution >= 0.6 is 0 Å². The lowest BCUT2D eigenvalue weighted by Crippen LogP contribution is -2.36. The monoisotopic (exact) mass is 263 g/mol. The Morgan fingerprint density at radius 1 is 1.21 bits per heavy atom. The highest BCUT2D eigenvalue weighted by Gasteiger charge is 2.46. The molecule has 5 heteroatoms. The van der Waals surface area contributed by atoms with Gasteiger partial charge in [0.05, 0.1) is 11.8 Å². The summed E-state index contributed by atoms with van der Waals surface area (Å²) in [6.07, 6.45) is 0.0785. The molecule has 0 unspecified atom stereocenters. The van der Waals surface area contributed by atoms with Gasteiger partial charge in [0.1, 0.15) is 0 Å². The van der Waals surface area contributed by atoms with E-state index < -0.39 is 17.4 Å². The van der Waals surface area contributed by atoms with E-state index in [4.69, 9.17) is 5.11 Å². The fourth-order valence-corrected chi connectivity index (χ4v) is 2.62. The Morgan fingerprint density at radius 2 is 1.89 bits per heavy atom. The van der Waals surface area contributed by atoms with Gasteiger partial charge in [-0.3, -0.25) is 14.5 Å². The second-order valence-electron chi connectivity index (χ2n) is 5.10. The maximum absolute atomic E-state index is 11.4. The van der Waals surface area contributed by atoms with E-state index in [1.54, 1.807) is 0 Å². The molecule has 1 saturated heterocycles. The molecule has 1 fully saturated rings. The molecule has 102 valence electrons. The highest BCUT2D eigenvalue weighted by molar-refractivity contribution is 5.82. The number of benzene rings is 1. The summed E-state index contributed by atoms with van der Waals surface area (Å²) in [6, 6.07) is 9.77. The largest absolute Gasteiger partial charge is 0.481 e. The van der Waals surface area contributed by atoms with Crippen molar-refractivity contribution in [3.05, 3.63) is 35.9 Å². The van der Waals surface area contributed by atoms with Crippen molar-refractivity contribution in [3.8, 4) is 0 Å². The number of carboxylic acids is 2. The minimum absolute atomic E-state index is 0.295. The molecule has 2 rings (SSSR count). The molecule has 1 aromatic rings. The third kappa shape index (κ3) is 3.12. The van der Waals surface area contributed by atoms with E-state index in [-0.39, 0.29) is 6.42 Å². The van der Waals surface area contributed by atoms with E-state index in [0.29, 0.717) is 26.1 Å². The summed E-state index contributed by atoms with van der Waals surface area (Å²) in [7, 11) is 0. The van der Waals surface area contributed by atoms with Crippen LogP contribution in [0.3, 0.4) is 0 Å². The van der Waals surface area contributed by atoms with Crippen LogP contribution in [-0.4, -0.2) is 40.1 Å². The number of carbonyl (C=O) groups is 2. The maximum Gasteiger partial charge on any atom is 0.311 e. The van der Waals surface area contributed by atoms with Gasteiger partial charge in [0.2, 0.25) is 0 Å². The van der Waals surface area contributed by atoms with Crippen LogP contribution in [0.5, 0.6) is 0 Å². The molecule has 0 amide bonds. The summed E-state index contributed by atoms with van der Waals surface area (Å²) >= 11 is 0. The van der Waals surface area contributed by atoms with Crippen molar-refractivity contribution >= 4 is 11.9 Å². The van der Waals surface area contributed by atoms with Crippen LogP contribution in [0.1, 0.15) is 18.4 Å². The first-order valence-corrected chi connectivity index (χ1v) is 6.23. The molecular weight excluding hydrogens is 246 g/mol. The van der Waals surface area contributed by atoms with Gasteiger partial charge in [-0.15, -0.1) is 0 Å². The zero-order chi connectivity index (χ0) is 13.9. The van der Waals surface area contributed by atoms with Crippen LogP contribution in [0.25, 0.3) is 0 Å². The number of aliphatic carboxylic acids is 2. The average Bonchev–Trinajstić information content (AvgIpc) is 2.74. The lowest BCUT2D eigenvalue weighted by Gasteiger charge is -2.23. The molecule has 1 atom stereocenters. The molecule has 1 aromatic carbocycles. The molecule has 1 aliphatic heterocycles. The van der Waals surface area contributed by atoms with Gasteiger partial charge in [0, 0.05) is 13.1 Å². The zero-order valence-electron chi connectivity index (χ0n) is 10.6. The number of rotatable bonds is 5. The predicted octanol–water partition coefficient (Wildman–Crippen LogP) is 1.44. The Morgan fingerprint density at radius 3 is 2.47 bits per heavy atom. The predicted molar refractivity (Wildman–Crippen MR) is 68.7 cm³/mol. The number of nitrogens with zero attached hydrogens (tertiary/aromatic N) is 1. The standard InChI is InChI=1S/C14H17NO4/c16-12(17)8-14(13(18)19)6-7-15(10-14)9-11-4-2-1-3-5-11/h1-5H,6-10H2,(H,16,17)(H,18,19)/t14-/m1/s1. The molecule has 19 heavy (non-hydrogen) atoms. The van der Waals surface area contributed by atoms with Gasteiger partial charge in [-0.05, 0) is 18.5 Å². The van der Waals surface area contributed by atoms with E-state index in [9.17, 15) is 14.7 Å². The highest BCUT2D eigenvalue weighted by atomic mass is 16.4. The fourth-order valence-electron chi connectivity index (χ4n) is 2.62. The minimum atomic E-state index is -1.14. The maximum atomic E-state index is 11.4. The molecule has 0 aliphatic carbocycles. The van der Waals surface area contributed by atoms with Crippen molar-refractivity contribution in [2.75, 3.05) is 13.1 Å². The van der Waals surface area contributed by atoms with Gasteiger partial charge in [-0.25, -0.2) is 0 Å². The average molecular weight is 263 g/mol. The first-order chi connectivity index (χ1) is 9.02. The van der Waals surface area contributed by atoms with Crippen LogP contribution in [0, 0.1) is 5.41 Å². The number of hydrogen-bond acceptors (Lipinski definition) is 3. The van der Waals surface area contributed by atoms with Gasteiger partial charge < -0.3 is 10.2 Å². The van der Waals surface area contributed by atoms with Crippen molar-refractivity contribution in [1.29, 1.82) is 0 Å². The van der Waals surface area contributed by atoms with Crippen LogP contribution in [0.15, 0.2) is 30.3 Å². The molecule has 0 bridgehead atoms. The molecule has 0 radical (unpaired) electrons. The Hall–Kier alpha value is -1.88. The van der Waals surface area contributed by atoms with E-state index in [1.807, 2.05) is 35.2 Å². The third-order valence-corrected chi connectivity index (χ3v) is 3.63. The summed E-state index contributed by atoms with van der Waals surface area (Å²) in [4.78, 5) is 24.2.